The first-order valence-corrected chi connectivity index (χ1v) is 10.0. The summed E-state index contributed by atoms with van der Waals surface area (Å²) < 4.78 is 5.29. The van der Waals surface area contributed by atoms with Crippen LogP contribution in [0, 0.1) is 5.92 Å². The number of hydrogen-bond acceptors (Lipinski definition) is 4. The number of aliphatic carboxylic acids is 1. The molecule has 0 fully saturated rings. The molecular weight excluding hydrogens is 386 g/mol. The van der Waals surface area contributed by atoms with Gasteiger partial charge in [0.2, 0.25) is 5.91 Å². The number of ether oxygens (including phenoxy) is 1. The van der Waals surface area contributed by atoms with Gasteiger partial charge in [-0.05, 0) is 44.7 Å². The van der Waals surface area contributed by atoms with Gasteiger partial charge < -0.3 is 25.5 Å². The average molecular weight is 418 g/mol. The second-order valence-electron chi connectivity index (χ2n) is 8.79. The third kappa shape index (κ3) is 6.79. The number of rotatable bonds is 8. The summed E-state index contributed by atoms with van der Waals surface area (Å²) in [6, 6.07) is 5.59. The number of carboxylic acid groups (broad SMARTS) is 1. The molecule has 30 heavy (non-hydrogen) atoms. The van der Waals surface area contributed by atoms with Crippen LogP contribution >= 0.6 is 0 Å². The number of aromatic nitrogens is 1. The van der Waals surface area contributed by atoms with Crippen molar-refractivity contribution < 1.29 is 24.2 Å². The molecule has 0 bridgehead atoms. The SMILES string of the molecule is CC(C)C[C@H](NC(=O)[C@@H](Cc1c[nH]c2ccccc12)NC(=O)OC(C)(C)C)C(=O)O. The molecule has 4 N–H and O–H groups in total. The van der Waals surface area contributed by atoms with Gasteiger partial charge >= 0.3 is 12.1 Å². The molecule has 164 valence electrons. The lowest BCUT2D eigenvalue weighted by molar-refractivity contribution is -0.142. The van der Waals surface area contributed by atoms with Gasteiger partial charge in [0.05, 0.1) is 0 Å². The van der Waals surface area contributed by atoms with Crippen molar-refractivity contribution in [3.05, 3.63) is 36.0 Å². The summed E-state index contributed by atoms with van der Waals surface area (Å²) in [6.45, 7) is 8.94. The number of fused-ring (bicyclic) bond motifs is 1. The van der Waals surface area contributed by atoms with E-state index in [1.807, 2.05) is 38.1 Å². The van der Waals surface area contributed by atoms with Crippen LogP contribution in [0.1, 0.15) is 46.6 Å². The van der Waals surface area contributed by atoms with Gasteiger partial charge in [-0.2, -0.15) is 0 Å². The second kappa shape index (κ2) is 9.65. The molecular formula is C22H31N3O5. The van der Waals surface area contributed by atoms with Crippen LogP contribution in [0.4, 0.5) is 4.79 Å². The average Bonchev–Trinajstić information content (AvgIpc) is 3.01. The van der Waals surface area contributed by atoms with Gasteiger partial charge in [0, 0.05) is 23.5 Å². The Kier molecular flexibility index (Phi) is 7.48. The maximum absolute atomic E-state index is 12.9. The van der Waals surface area contributed by atoms with Gasteiger partial charge in [-0.1, -0.05) is 32.0 Å². The smallest absolute Gasteiger partial charge is 0.408 e. The van der Waals surface area contributed by atoms with Gasteiger partial charge in [-0.25, -0.2) is 9.59 Å². The summed E-state index contributed by atoms with van der Waals surface area (Å²) in [4.78, 5) is 40.0. The van der Waals surface area contributed by atoms with Crippen molar-refractivity contribution in [2.45, 2.75) is 65.1 Å². The number of carbonyl (C=O) groups is 3. The highest BCUT2D eigenvalue weighted by Gasteiger charge is 2.29. The molecule has 0 radical (unpaired) electrons. The van der Waals surface area contributed by atoms with Crippen molar-refractivity contribution >= 4 is 28.9 Å². The number of alkyl carbamates (subject to hydrolysis) is 1. The minimum Gasteiger partial charge on any atom is -0.480 e. The van der Waals surface area contributed by atoms with Crippen LogP contribution < -0.4 is 10.6 Å². The summed E-state index contributed by atoms with van der Waals surface area (Å²) in [7, 11) is 0. The fourth-order valence-electron chi connectivity index (χ4n) is 3.14. The monoisotopic (exact) mass is 417 g/mol. The quantitative estimate of drug-likeness (QED) is 0.526. The van der Waals surface area contributed by atoms with Gasteiger partial charge in [-0.3, -0.25) is 4.79 Å². The van der Waals surface area contributed by atoms with E-state index < -0.39 is 35.7 Å². The fourth-order valence-corrected chi connectivity index (χ4v) is 3.14. The Morgan fingerprint density at radius 2 is 1.77 bits per heavy atom. The predicted octanol–water partition coefficient (Wildman–Crippen LogP) is 3.22. The Balaban J connectivity index is 2.24. The van der Waals surface area contributed by atoms with Crippen LogP contribution in [-0.2, 0) is 20.7 Å². The van der Waals surface area contributed by atoms with E-state index in [9.17, 15) is 19.5 Å². The number of nitrogens with one attached hydrogen (secondary N) is 3. The Hall–Kier alpha value is -3.03. The van der Waals surface area contributed by atoms with Crippen molar-refractivity contribution in [1.29, 1.82) is 0 Å². The van der Waals surface area contributed by atoms with Crippen molar-refractivity contribution in [2.24, 2.45) is 5.92 Å². The van der Waals surface area contributed by atoms with Crippen LogP contribution in [-0.4, -0.2) is 45.7 Å². The van der Waals surface area contributed by atoms with E-state index in [1.165, 1.54) is 0 Å². The maximum atomic E-state index is 12.9. The summed E-state index contributed by atoms with van der Waals surface area (Å²) in [5.41, 5.74) is 1.01. The highest BCUT2D eigenvalue weighted by Crippen LogP contribution is 2.19. The number of carbonyl (C=O) groups excluding carboxylic acids is 2. The van der Waals surface area contributed by atoms with E-state index in [4.69, 9.17) is 4.74 Å². The Bertz CT molecular complexity index is 898. The summed E-state index contributed by atoms with van der Waals surface area (Å²) in [5.74, 6) is -1.60. The number of H-pyrrole nitrogens is 1. The molecule has 2 aromatic rings. The molecule has 0 saturated carbocycles. The molecule has 1 aromatic heterocycles. The molecule has 0 aliphatic carbocycles. The molecule has 0 unspecified atom stereocenters. The lowest BCUT2D eigenvalue weighted by atomic mass is 10.0. The molecule has 2 atom stereocenters. The predicted molar refractivity (Wildman–Crippen MR) is 114 cm³/mol. The van der Waals surface area contributed by atoms with Gasteiger partial charge in [0.1, 0.15) is 17.7 Å². The molecule has 1 heterocycles. The molecule has 2 rings (SSSR count). The number of para-hydroxylation sites is 1. The van der Waals surface area contributed by atoms with E-state index in [2.05, 4.69) is 15.6 Å². The maximum Gasteiger partial charge on any atom is 0.408 e. The fraction of sp³-hybridized carbons (Fsp3) is 0.500. The minimum absolute atomic E-state index is 0.0808. The molecule has 8 nitrogen and oxygen atoms in total. The van der Waals surface area contributed by atoms with Crippen LogP contribution in [0.2, 0.25) is 0 Å². The van der Waals surface area contributed by atoms with E-state index in [-0.39, 0.29) is 18.8 Å². The third-order valence-electron chi connectivity index (χ3n) is 4.43. The highest BCUT2D eigenvalue weighted by atomic mass is 16.6. The van der Waals surface area contributed by atoms with Crippen LogP contribution in [0.3, 0.4) is 0 Å². The first-order chi connectivity index (χ1) is 14.0. The second-order valence-corrected chi connectivity index (χ2v) is 8.79. The van der Waals surface area contributed by atoms with Gasteiger partial charge in [-0.15, -0.1) is 0 Å². The normalized spacial score (nSPS) is 13.7. The third-order valence-corrected chi connectivity index (χ3v) is 4.43. The molecule has 8 heteroatoms. The van der Waals surface area contributed by atoms with Crippen LogP contribution in [0.25, 0.3) is 10.9 Å². The largest absolute Gasteiger partial charge is 0.480 e. The number of hydrogen-bond donors (Lipinski definition) is 4. The number of aromatic amines is 1. The molecule has 0 aliphatic rings. The van der Waals surface area contributed by atoms with Crippen molar-refractivity contribution in [2.75, 3.05) is 0 Å². The zero-order valence-electron chi connectivity index (χ0n) is 18.1. The number of benzene rings is 1. The zero-order chi connectivity index (χ0) is 22.5. The Morgan fingerprint density at radius 1 is 1.10 bits per heavy atom. The molecule has 1 aromatic carbocycles. The van der Waals surface area contributed by atoms with Gasteiger partial charge in [0.25, 0.3) is 0 Å². The Labute approximate surface area is 176 Å². The summed E-state index contributed by atoms with van der Waals surface area (Å²) >= 11 is 0. The highest BCUT2D eigenvalue weighted by molar-refractivity contribution is 5.90. The topological polar surface area (TPSA) is 121 Å². The molecule has 0 saturated heterocycles. The van der Waals surface area contributed by atoms with Crippen molar-refractivity contribution in [3.8, 4) is 0 Å². The van der Waals surface area contributed by atoms with E-state index in [0.717, 1.165) is 16.5 Å². The Morgan fingerprint density at radius 3 is 2.37 bits per heavy atom. The van der Waals surface area contributed by atoms with E-state index in [0.29, 0.717) is 0 Å². The summed E-state index contributed by atoms with van der Waals surface area (Å²) in [5, 5.41) is 15.5. The molecule has 2 amide bonds. The van der Waals surface area contributed by atoms with E-state index in [1.54, 1.807) is 27.0 Å². The summed E-state index contributed by atoms with van der Waals surface area (Å²) in [6.07, 6.45) is 1.51. The number of amides is 2. The van der Waals surface area contributed by atoms with Crippen molar-refractivity contribution in [3.63, 3.8) is 0 Å². The van der Waals surface area contributed by atoms with E-state index >= 15 is 0 Å². The minimum atomic E-state index is -1.11. The number of carboxylic acids is 1. The van der Waals surface area contributed by atoms with Crippen LogP contribution in [0.15, 0.2) is 30.5 Å². The first-order valence-electron chi connectivity index (χ1n) is 10.0. The lowest BCUT2D eigenvalue weighted by Crippen LogP contribution is -2.53. The first kappa shape index (κ1) is 23.3. The molecule has 0 aliphatic heterocycles. The molecule has 0 spiro atoms. The van der Waals surface area contributed by atoms with Gasteiger partial charge in [0.15, 0.2) is 0 Å². The zero-order valence-corrected chi connectivity index (χ0v) is 18.1. The van der Waals surface area contributed by atoms with Crippen LogP contribution in [0.5, 0.6) is 0 Å². The lowest BCUT2D eigenvalue weighted by Gasteiger charge is -2.25. The van der Waals surface area contributed by atoms with Crippen molar-refractivity contribution in [1.82, 2.24) is 15.6 Å². The standard InChI is InChI=1S/C22H31N3O5/c1-13(2)10-18(20(27)28)24-19(26)17(25-21(29)30-22(3,4)5)11-14-12-23-16-9-7-6-8-15(14)16/h6-9,12-13,17-18,23H,10-11H2,1-5H3,(H,24,26)(H,25,29)(H,27,28)/t17-,18+/m1/s1.